The molecule has 0 aromatic heterocycles. The molecule has 1 aliphatic rings. The van der Waals surface area contributed by atoms with Crippen molar-refractivity contribution in [2.24, 2.45) is 5.92 Å². The fourth-order valence-corrected chi connectivity index (χ4v) is 2.15. The van der Waals surface area contributed by atoms with Gasteiger partial charge in [0.2, 0.25) is 0 Å². The van der Waals surface area contributed by atoms with E-state index in [2.05, 4.69) is 10.6 Å². The van der Waals surface area contributed by atoms with Gasteiger partial charge in [0.25, 0.3) is 5.91 Å². The van der Waals surface area contributed by atoms with E-state index in [0.29, 0.717) is 18.8 Å². The van der Waals surface area contributed by atoms with Crippen LogP contribution in [0.1, 0.15) is 36.5 Å². The lowest BCUT2D eigenvalue weighted by Gasteiger charge is -2.09. The molecule has 0 radical (unpaired) electrons. The molecular weight excluding hydrogens is 258 g/mol. The summed E-state index contributed by atoms with van der Waals surface area (Å²) in [5.41, 5.74) is 0.342. The topological polar surface area (TPSA) is 84.3 Å². The summed E-state index contributed by atoms with van der Waals surface area (Å²) in [6.07, 6.45) is 3.41. The molecule has 0 aliphatic heterocycles. The maximum atomic E-state index is 12.1. The van der Waals surface area contributed by atoms with Crippen LogP contribution >= 0.6 is 0 Å². The Kier molecular flexibility index (Phi) is 4.55. The van der Waals surface area contributed by atoms with Crippen molar-refractivity contribution in [1.29, 1.82) is 0 Å². The molecule has 6 nitrogen and oxygen atoms in total. The Bertz CT molecular complexity index is 512. The van der Waals surface area contributed by atoms with Gasteiger partial charge in [0.05, 0.1) is 4.92 Å². The highest BCUT2D eigenvalue weighted by Crippen LogP contribution is 2.32. The first-order valence-corrected chi connectivity index (χ1v) is 6.93. The normalized spacial score (nSPS) is 13.8. The van der Waals surface area contributed by atoms with Crippen LogP contribution in [0.25, 0.3) is 0 Å². The summed E-state index contributed by atoms with van der Waals surface area (Å²) in [6.45, 7) is 2.99. The van der Waals surface area contributed by atoms with E-state index in [9.17, 15) is 14.9 Å². The third-order valence-electron chi connectivity index (χ3n) is 3.37. The molecule has 108 valence electrons. The van der Waals surface area contributed by atoms with Gasteiger partial charge in [-0.2, -0.15) is 0 Å². The van der Waals surface area contributed by atoms with Crippen LogP contribution in [0, 0.1) is 16.0 Å². The van der Waals surface area contributed by atoms with E-state index in [1.807, 2.05) is 6.92 Å². The number of anilines is 1. The summed E-state index contributed by atoms with van der Waals surface area (Å²) >= 11 is 0. The Morgan fingerprint density at radius 2 is 2.20 bits per heavy atom. The van der Waals surface area contributed by atoms with Crippen LogP contribution in [0.5, 0.6) is 0 Å². The van der Waals surface area contributed by atoms with Crippen molar-refractivity contribution >= 4 is 17.3 Å². The molecule has 1 aliphatic carbocycles. The molecule has 2 N–H and O–H groups in total. The minimum atomic E-state index is -0.506. The smallest absolute Gasteiger partial charge is 0.305 e. The maximum Gasteiger partial charge on any atom is 0.305 e. The second-order valence-electron chi connectivity index (χ2n) is 4.98. The lowest BCUT2D eigenvalue weighted by molar-refractivity contribution is -0.384. The van der Waals surface area contributed by atoms with Crippen LogP contribution < -0.4 is 10.6 Å². The van der Waals surface area contributed by atoms with Crippen molar-refractivity contribution in [3.8, 4) is 0 Å². The molecule has 1 fully saturated rings. The van der Waals surface area contributed by atoms with Gasteiger partial charge in [-0.3, -0.25) is 14.9 Å². The monoisotopic (exact) mass is 277 g/mol. The Balaban J connectivity index is 2.13. The number of amides is 1. The van der Waals surface area contributed by atoms with Gasteiger partial charge in [-0.1, -0.05) is 18.9 Å². The van der Waals surface area contributed by atoms with Crippen LogP contribution in [0.2, 0.25) is 0 Å². The zero-order valence-corrected chi connectivity index (χ0v) is 11.5. The first-order chi connectivity index (χ1) is 9.63. The van der Waals surface area contributed by atoms with Gasteiger partial charge < -0.3 is 10.6 Å². The number of nitro groups is 1. The standard InChI is InChI=1S/C14H19N3O3/c1-2-15-12-5-3-4-11(13(12)17(19)20)14(18)16-9-8-10-6-7-10/h3-5,10,15H,2,6-9H2,1H3,(H,16,18). The minimum Gasteiger partial charge on any atom is -0.380 e. The van der Waals surface area contributed by atoms with Crippen LogP contribution in [-0.2, 0) is 0 Å². The van der Waals surface area contributed by atoms with Gasteiger partial charge in [0, 0.05) is 13.1 Å². The fourth-order valence-electron chi connectivity index (χ4n) is 2.15. The zero-order valence-electron chi connectivity index (χ0n) is 11.5. The highest BCUT2D eigenvalue weighted by Gasteiger charge is 2.25. The molecule has 2 rings (SSSR count). The van der Waals surface area contributed by atoms with Gasteiger partial charge in [0.1, 0.15) is 11.3 Å². The van der Waals surface area contributed by atoms with Crippen molar-refractivity contribution in [1.82, 2.24) is 5.32 Å². The first kappa shape index (κ1) is 14.3. The summed E-state index contributed by atoms with van der Waals surface area (Å²) in [5.74, 6) is 0.343. The lowest BCUT2D eigenvalue weighted by Crippen LogP contribution is -2.25. The number of hydrogen-bond acceptors (Lipinski definition) is 4. The van der Waals surface area contributed by atoms with E-state index in [1.54, 1.807) is 12.1 Å². The highest BCUT2D eigenvalue weighted by atomic mass is 16.6. The predicted octanol–water partition coefficient (Wildman–Crippen LogP) is 2.56. The van der Waals surface area contributed by atoms with E-state index in [4.69, 9.17) is 0 Å². The van der Waals surface area contributed by atoms with Crippen LogP contribution in [0.3, 0.4) is 0 Å². The summed E-state index contributed by atoms with van der Waals surface area (Å²) in [4.78, 5) is 22.8. The summed E-state index contributed by atoms with van der Waals surface area (Å²) in [5, 5.41) is 16.9. The number of para-hydroxylation sites is 1. The number of hydrogen-bond donors (Lipinski definition) is 2. The Hall–Kier alpha value is -2.11. The van der Waals surface area contributed by atoms with E-state index in [-0.39, 0.29) is 17.2 Å². The molecule has 0 atom stereocenters. The number of carbonyl (C=O) groups is 1. The van der Waals surface area contributed by atoms with E-state index >= 15 is 0 Å². The quantitative estimate of drug-likeness (QED) is 0.592. The number of carbonyl (C=O) groups excluding carboxylic acids is 1. The van der Waals surface area contributed by atoms with Gasteiger partial charge in [0.15, 0.2) is 0 Å². The molecule has 6 heteroatoms. The van der Waals surface area contributed by atoms with E-state index in [1.165, 1.54) is 18.9 Å². The molecule has 0 heterocycles. The third-order valence-corrected chi connectivity index (χ3v) is 3.37. The molecular formula is C14H19N3O3. The third kappa shape index (κ3) is 3.46. The zero-order chi connectivity index (χ0) is 14.5. The summed E-state index contributed by atoms with van der Waals surface area (Å²) in [7, 11) is 0. The van der Waals surface area contributed by atoms with Crippen molar-refractivity contribution in [3.63, 3.8) is 0 Å². The van der Waals surface area contributed by atoms with Crippen LogP contribution in [0.15, 0.2) is 18.2 Å². The Morgan fingerprint density at radius 1 is 1.45 bits per heavy atom. The number of benzene rings is 1. The number of nitrogens with zero attached hydrogens (tertiary/aromatic N) is 1. The number of nitro benzene ring substituents is 1. The Morgan fingerprint density at radius 3 is 2.80 bits per heavy atom. The van der Waals surface area contributed by atoms with Crippen molar-refractivity contribution in [2.45, 2.75) is 26.2 Å². The molecule has 1 amide bonds. The molecule has 0 saturated heterocycles. The average Bonchev–Trinajstić information content (AvgIpc) is 3.22. The minimum absolute atomic E-state index is 0.115. The van der Waals surface area contributed by atoms with Gasteiger partial charge in [-0.15, -0.1) is 0 Å². The second kappa shape index (κ2) is 6.36. The predicted molar refractivity (Wildman–Crippen MR) is 76.9 cm³/mol. The SMILES string of the molecule is CCNc1cccc(C(=O)NCCC2CC2)c1[N+](=O)[O-]. The van der Waals surface area contributed by atoms with Crippen molar-refractivity contribution in [2.75, 3.05) is 18.4 Å². The second-order valence-corrected chi connectivity index (χ2v) is 4.98. The number of rotatable bonds is 7. The first-order valence-electron chi connectivity index (χ1n) is 6.93. The lowest BCUT2D eigenvalue weighted by atomic mass is 10.1. The van der Waals surface area contributed by atoms with Crippen molar-refractivity contribution < 1.29 is 9.72 Å². The molecule has 20 heavy (non-hydrogen) atoms. The largest absolute Gasteiger partial charge is 0.380 e. The molecule has 1 aromatic carbocycles. The van der Waals surface area contributed by atoms with Gasteiger partial charge >= 0.3 is 5.69 Å². The molecule has 0 unspecified atom stereocenters. The fraction of sp³-hybridized carbons (Fsp3) is 0.500. The average molecular weight is 277 g/mol. The van der Waals surface area contributed by atoms with Crippen molar-refractivity contribution in [3.05, 3.63) is 33.9 Å². The molecule has 1 saturated carbocycles. The van der Waals surface area contributed by atoms with E-state index < -0.39 is 4.92 Å². The Labute approximate surface area is 117 Å². The molecule has 0 spiro atoms. The molecule has 1 aromatic rings. The highest BCUT2D eigenvalue weighted by molar-refractivity contribution is 6.00. The summed E-state index contributed by atoms with van der Waals surface area (Å²) < 4.78 is 0. The van der Waals surface area contributed by atoms with E-state index in [0.717, 1.165) is 12.3 Å². The van der Waals surface area contributed by atoms with Gasteiger partial charge in [-0.05, 0) is 31.4 Å². The maximum absolute atomic E-state index is 12.1. The number of nitrogens with one attached hydrogen (secondary N) is 2. The van der Waals surface area contributed by atoms with Gasteiger partial charge in [-0.25, -0.2) is 0 Å². The molecule has 0 bridgehead atoms. The summed E-state index contributed by atoms with van der Waals surface area (Å²) in [6, 6.07) is 4.76. The van der Waals surface area contributed by atoms with Crippen LogP contribution in [-0.4, -0.2) is 23.9 Å². The van der Waals surface area contributed by atoms with Crippen LogP contribution in [0.4, 0.5) is 11.4 Å².